The lowest BCUT2D eigenvalue weighted by atomic mass is 9.89. The minimum atomic E-state index is 0.350. The van der Waals surface area contributed by atoms with Gasteiger partial charge >= 0.3 is 0 Å². The third-order valence-corrected chi connectivity index (χ3v) is 4.05. The van der Waals surface area contributed by atoms with Gasteiger partial charge in [0.25, 0.3) is 0 Å². The van der Waals surface area contributed by atoms with Crippen LogP contribution >= 0.6 is 11.6 Å². The molecule has 2 heterocycles. The molecule has 1 aliphatic carbocycles. The van der Waals surface area contributed by atoms with Crippen molar-refractivity contribution in [1.29, 1.82) is 0 Å². The van der Waals surface area contributed by atoms with E-state index in [-0.39, 0.29) is 0 Å². The molecule has 1 N–H and O–H groups in total. The first-order valence-electron chi connectivity index (χ1n) is 6.53. The molecule has 2 unspecified atom stereocenters. The first kappa shape index (κ1) is 11.8. The predicted molar refractivity (Wildman–Crippen MR) is 74.1 cm³/mol. The first-order valence-corrected chi connectivity index (χ1v) is 6.97. The molecule has 0 amide bonds. The van der Waals surface area contributed by atoms with E-state index >= 15 is 0 Å². The number of pyridine rings is 1. The van der Waals surface area contributed by atoms with Crippen LogP contribution in [0.25, 0.3) is 11.0 Å². The minimum absolute atomic E-state index is 0.350. The smallest absolute Gasteiger partial charge is 0.139 e. The van der Waals surface area contributed by atoms with Gasteiger partial charge in [-0.3, -0.25) is 0 Å². The molecular weight excluding hydrogens is 248 g/mol. The average molecular weight is 265 g/mol. The van der Waals surface area contributed by atoms with Crippen LogP contribution in [0, 0.1) is 5.92 Å². The molecule has 4 heteroatoms. The van der Waals surface area contributed by atoms with Gasteiger partial charge in [0.05, 0.1) is 11.6 Å². The summed E-state index contributed by atoms with van der Waals surface area (Å²) in [5.41, 5.74) is 0.881. The van der Waals surface area contributed by atoms with E-state index in [1.54, 1.807) is 12.5 Å². The second-order valence-corrected chi connectivity index (χ2v) is 5.62. The number of hydrogen-bond acceptors (Lipinski definition) is 3. The van der Waals surface area contributed by atoms with Gasteiger partial charge in [-0.2, -0.15) is 0 Å². The maximum atomic E-state index is 6.21. The summed E-state index contributed by atoms with van der Waals surface area (Å²) < 4.78 is 5.37. The van der Waals surface area contributed by atoms with E-state index in [0.717, 1.165) is 36.2 Å². The summed E-state index contributed by atoms with van der Waals surface area (Å²) in [6.45, 7) is 0.945. The highest BCUT2D eigenvalue weighted by atomic mass is 35.5. The second-order valence-electron chi connectivity index (χ2n) is 5.00. The number of halogens is 1. The van der Waals surface area contributed by atoms with Gasteiger partial charge in [-0.15, -0.1) is 11.6 Å². The zero-order valence-corrected chi connectivity index (χ0v) is 11.0. The van der Waals surface area contributed by atoms with Gasteiger partial charge in [-0.1, -0.05) is 6.42 Å². The van der Waals surface area contributed by atoms with Gasteiger partial charge in [0.2, 0.25) is 0 Å². The van der Waals surface area contributed by atoms with Gasteiger partial charge in [0.1, 0.15) is 11.4 Å². The van der Waals surface area contributed by atoms with Crippen molar-refractivity contribution in [3.05, 3.63) is 24.6 Å². The summed E-state index contributed by atoms with van der Waals surface area (Å²) in [7, 11) is 0. The van der Waals surface area contributed by atoms with E-state index in [1.165, 1.54) is 12.8 Å². The predicted octanol–water partition coefficient (Wildman–Crippen LogP) is 4.04. The van der Waals surface area contributed by atoms with Crippen LogP contribution in [0.1, 0.15) is 25.7 Å². The molecule has 1 aliphatic rings. The third kappa shape index (κ3) is 2.46. The van der Waals surface area contributed by atoms with E-state index in [4.69, 9.17) is 16.0 Å². The van der Waals surface area contributed by atoms with Crippen molar-refractivity contribution in [2.45, 2.75) is 31.1 Å². The maximum absolute atomic E-state index is 6.21. The Hall–Kier alpha value is -1.22. The molecule has 0 saturated heterocycles. The number of alkyl halides is 1. The summed E-state index contributed by atoms with van der Waals surface area (Å²) in [5, 5.41) is 4.84. The third-order valence-electron chi connectivity index (χ3n) is 3.66. The summed E-state index contributed by atoms with van der Waals surface area (Å²) in [6.07, 6.45) is 8.25. The fourth-order valence-electron chi connectivity index (χ4n) is 2.69. The number of aromatic nitrogens is 1. The number of fused-ring (bicyclic) bond motifs is 1. The molecule has 3 nitrogen and oxygen atoms in total. The number of nitrogens with one attached hydrogen (secondary N) is 1. The second kappa shape index (κ2) is 5.19. The van der Waals surface area contributed by atoms with Crippen LogP contribution in [0.5, 0.6) is 0 Å². The molecule has 1 fully saturated rings. The Balaban J connectivity index is 1.67. The molecule has 2 atom stereocenters. The molecule has 18 heavy (non-hydrogen) atoms. The highest BCUT2D eigenvalue weighted by molar-refractivity contribution is 6.20. The van der Waals surface area contributed by atoms with Crippen LogP contribution in [0.15, 0.2) is 29.0 Å². The fraction of sp³-hybridized carbons (Fsp3) is 0.500. The highest BCUT2D eigenvalue weighted by Gasteiger charge is 2.20. The Kier molecular flexibility index (Phi) is 3.41. The van der Waals surface area contributed by atoms with E-state index in [2.05, 4.69) is 10.3 Å². The first-order chi connectivity index (χ1) is 8.83. The van der Waals surface area contributed by atoms with E-state index < -0.39 is 0 Å². The lowest BCUT2D eigenvalue weighted by Crippen LogP contribution is -2.22. The van der Waals surface area contributed by atoms with Crippen LogP contribution in [0.4, 0.5) is 5.82 Å². The minimum Gasteiger partial charge on any atom is -0.464 e. The number of rotatable bonds is 3. The molecule has 0 bridgehead atoms. The summed E-state index contributed by atoms with van der Waals surface area (Å²) in [4.78, 5) is 4.38. The zero-order chi connectivity index (χ0) is 12.4. The van der Waals surface area contributed by atoms with Crippen LogP contribution in [0.2, 0.25) is 0 Å². The Bertz CT molecular complexity index is 525. The summed E-state index contributed by atoms with van der Waals surface area (Å²) in [6, 6.07) is 3.84. The van der Waals surface area contributed by atoms with E-state index in [0.29, 0.717) is 11.3 Å². The standard InChI is InChI=1S/C14H17ClN2O/c15-11-3-1-2-10(8-11)9-17-14-12-5-7-18-13(12)4-6-16-14/h4-7,10-11H,1-3,8-9H2,(H,16,17). The Morgan fingerprint density at radius 2 is 2.33 bits per heavy atom. The molecule has 2 aromatic heterocycles. The molecular formula is C14H17ClN2O. The number of anilines is 1. The van der Waals surface area contributed by atoms with Crippen molar-refractivity contribution < 1.29 is 4.42 Å². The molecule has 96 valence electrons. The topological polar surface area (TPSA) is 38.1 Å². The summed E-state index contributed by atoms with van der Waals surface area (Å²) >= 11 is 6.21. The van der Waals surface area contributed by atoms with Gasteiger partial charge in [0, 0.05) is 18.1 Å². The fourth-order valence-corrected chi connectivity index (χ4v) is 3.09. The normalized spacial score (nSPS) is 24.3. The molecule has 0 radical (unpaired) electrons. The monoisotopic (exact) mass is 264 g/mol. The zero-order valence-electron chi connectivity index (χ0n) is 10.2. The Morgan fingerprint density at radius 3 is 3.22 bits per heavy atom. The van der Waals surface area contributed by atoms with Gasteiger partial charge in [-0.25, -0.2) is 4.98 Å². The lowest BCUT2D eigenvalue weighted by molar-refractivity contribution is 0.378. The van der Waals surface area contributed by atoms with Crippen molar-refractivity contribution in [2.75, 3.05) is 11.9 Å². The van der Waals surface area contributed by atoms with Crippen LogP contribution in [-0.2, 0) is 0 Å². The molecule has 0 spiro atoms. The van der Waals surface area contributed by atoms with Gasteiger partial charge in [0.15, 0.2) is 0 Å². The SMILES string of the molecule is ClC1CCCC(CNc2nccc3occc23)C1. The number of furan rings is 1. The van der Waals surface area contributed by atoms with E-state index in [9.17, 15) is 0 Å². The van der Waals surface area contributed by atoms with E-state index in [1.807, 2.05) is 12.1 Å². The maximum Gasteiger partial charge on any atom is 0.139 e. The average Bonchev–Trinajstić information content (AvgIpc) is 2.85. The Morgan fingerprint density at radius 1 is 1.39 bits per heavy atom. The van der Waals surface area contributed by atoms with Crippen molar-refractivity contribution in [1.82, 2.24) is 4.98 Å². The Labute approximate surface area is 112 Å². The quantitative estimate of drug-likeness (QED) is 0.851. The van der Waals surface area contributed by atoms with Crippen LogP contribution in [0.3, 0.4) is 0 Å². The van der Waals surface area contributed by atoms with Crippen LogP contribution in [-0.4, -0.2) is 16.9 Å². The summed E-state index contributed by atoms with van der Waals surface area (Å²) in [5.74, 6) is 1.57. The van der Waals surface area contributed by atoms with Gasteiger partial charge < -0.3 is 9.73 Å². The largest absolute Gasteiger partial charge is 0.464 e. The highest BCUT2D eigenvalue weighted by Crippen LogP contribution is 2.29. The number of nitrogens with zero attached hydrogens (tertiary/aromatic N) is 1. The lowest BCUT2D eigenvalue weighted by Gasteiger charge is -2.25. The molecule has 0 aromatic carbocycles. The molecule has 2 aromatic rings. The molecule has 0 aliphatic heterocycles. The van der Waals surface area contributed by atoms with Crippen molar-refractivity contribution in [2.24, 2.45) is 5.92 Å². The molecule has 1 saturated carbocycles. The van der Waals surface area contributed by atoms with Gasteiger partial charge in [-0.05, 0) is 37.3 Å². The number of hydrogen-bond donors (Lipinski definition) is 1. The van der Waals surface area contributed by atoms with Crippen molar-refractivity contribution >= 4 is 28.4 Å². The van der Waals surface area contributed by atoms with Crippen LogP contribution < -0.4 is 5.32 Å². The van der Waals surface area contributed by atoms with Crippen molar-refractivity contribution in [3.63, 3.8) is 0 Å². The van der Waals surface area contributed by atoms with Crippen molar-refractivity contribution in [3.8, 4) is 0 Å². The molecule has 3 rings (SSSR count).